The molecule has 138 valence electrons. The van der Waals surface area contributed by atoms with Crippen LogP contribution in [0.5, 0.6) is 0 Å². The zero-order valence-corrected chi connectivity index (χ0v) is 16.2. The molecule has 1 aliphatic carbocycles. The van der Waals surface area contributed by atoms with Crippen molar-refractivity contribution in [1.29, 1.82) is 0 Å². The van der Waals surface area contributed by atoms with Gasteiger partial charge in [-0.3, -0.25) is 9.78 Å². The van der Waals surface area contributed by atoms with E-state index in [0.717, 1.165) is 39.6 Å². The third-order valence-electron chi connectivity index (χ3n) is 4.49. The zero-order chi connectivity index (χ0) is 18.8. The van der Waals surface area contributed by atoms with Crippen LogP contribution in [-0.4, -0.2) is 34.0 Å². The van der Waals surface area contributed by atoms with Crippen LogP contribution in [0, 0.1) is 5.92 Å². The van der Waals surface area contributed by atoms with Gasteiger partial charge in [-0.05, 0) is 43.2 Å². The third-order valence-corrected chi connectivity index (χ3v) is 4.99. The Kier molecular flexibility index (Phi) is 5.05. The van der Waals surface area contributed by atoms with Gasteiger partial charge in [0.25, 0.3) is 0 Å². The van der Waals surface area contributed by atoms with Gasteiger partial charge in [0.05, 0.1) is 35.3 Å². The molecular weight excluding hydrogens is 408 g/mol. The van der Waals surface area contributed by atoms with E-state index < -0.39 is 0 Å². The molecule has 3 N–H and O–H groups in total. The van der Waals surface area contributed by atoms with Crippen LogP contribution in [0.15, 0.2) is 47.2 Å². The van der Waals surface area contributed by atoms with Crippen molar-refractivity contribution in [3.8, 4) is 0 Å². The van der Waals surface area contributed by atoms with Crippen LogP contribution in [-0.2, 0) is 0 Å². The second-order valence-electron chi connectivity index (χ2n) is 6.55. The van der Waals surface area contributed by atoms with Crippen molar-refractivity contribution in [3.05, 3.63) is 52.8 Å². The molecule has 4 rings (SSSR count). The number of benzene rings is 1. The normalized spacial score (nSPS) is 13.6. The van der Waals surface area contributed by atoms with E-state index in [1.54, 1.807) is 12.4 Å². The van der Waals surface area contributed by atoms with Gasteiger partial charge in [-0.2, -0.15) is 0 Å². The molecule has 0 spiro atoms. The molecule has 0 unspecified atom stereocenters. The summed E-state index contributed by atoms with van der Waals surface area (Å²) in [6.45, 7) is 0.495. The van der Waals surface area contributed by atoms with Gasteiger partial charge in [0.2, 0.25) is 0 Å². The van der Waals surface area contributed by atoms with E-state index in [9.17, 15) is 4.79 Å². The van der Waals surface area contributed by atoms with Gasteiger partial charge in [-0.15, -0.1) is 0 Å². The number of aliphatic hydroxyl groups excluding tert-OH is 1. The Hall–Kier alpha value is -2.51. The number of ketones is 1. The van der Waals surface area contributed by atoms with Gasteiger partial charge >= 0.3 is 0 Å². The number of anilines is 3. The highest BCUT2D eigenvalue weighted by Gasteiger charge is 2.32. The number of nitrogens with one attached hydrogen (secondary N) is 2. The highest BCUT2D eigenvalue weighted by molar-refractivity contribution is 9.10. The van der Waals surface area contributed by atoms with Gasteiger partial charge < -0.3 is 15.7 Å². The number of fused-ring (bicyclic) bond motifs is 1. The summed E-state index contributed by atoms with van der Waals surface area (Å²) in [7, 11) is 0. The zero-order valence-electron chi connectivity index (χ0n) is 14.6. The minimum atomic E-state index is 0.0478. The van der Waals surface area contributed by atoms with Gasteiger partial charge in [-0.1, -0.05) is 15.9 Å². The van der Waals surface area contributed by atoms with Crippen molar-refractivity contribution in [3.63, 3.8) is 0 Å². The number of Topliss-reactive ketones (excluding diaryl/α,β-unsaturated/α-hetero) is 1. The molecule has 0 bridgehead atoms. The minimum Gasteiger partial charge on any atom is -0.395 e. The molecule has 0 amide bonds. The number of halogens is 1. The standard InChI is InChI=1S/C20H19BrN4O2/c21-13-3-5-17-15(9-13)19(16(11-23-17)20(27)12-1-2-12)25-14-4-6-18(24-10-14)22-7-8-26/h3-6,9-12,26H,1-2,7-8H2,(H,22,24)(H,23,25). The fourth-order valence-corrected chi connectivity index (χ4v) is 3.31. The molecule has 0 radical (unpaired) electrons. The first-order valence-electron chi connectivity index (χ1n) is 8.86. The predicted molar refractivity (Wildman–Crippen MR) is 110 cm³/mol. The lowest BCUT2D eigenvalue weighted by atomic mass is 10.0. The fourth-order valence-electron chi connectivity index (χ4n) is 2.95. The molecule has 2 aromatic heterocycles. The van der Waals surface area contributed by atoms with Gasteiger partial charge in [-0.25, -0.2) is 4.98 Å². The molecule has 2 heterocycles. The SMILES string of the molecule is O=C(c1cnc2ccc(Br)cc2c1Nc1ccc(NCCO)nc1)C1CC1. The predicted octanol–water partition coefficient (Wildman–Crippen LogP) is 4.13. The van der Waals surface area contributed by atoms with Crippen LogP contribution in [0.3, 0.4) is 0 Å². The molecule has 0 saturated heterocycles. The summed E-state index contributed by atoms with van der Waals surface area (Å²) in [6, 6.07) is 9.56. The maximum atomic E-state index is 12.8. The Bertz CT molecular complexity index is 987. The Morgan fingerprint density at radius 1 is 1.19 bits per heavy atom. The van der Waals surface area contributed by atoms with Crippen LogP contribution in [0.1, 0.15) is 23.2 Å². The van der Waals surface area contributed by atoms with Crippen LogP contribution in [0.2, 0.25) is 0 Å². The second-order valence-corrected chi connectivity index (χ2v) is 7.47. The van der Waals surface area contributed by atoms with Crippen LogP contribution in [0.25, 0.3) is 10.9 Å². The molecule has 1 aromatic carbocycles. The number of carbonyl (C=O) groups excluding carboxylic acids is 1. The smallest absolute Gasteiger partial charge is 0.169 e. The average molecular weight is 427 g/mol. The van der Waals surface area contributed by atoms with Crippen molar-refractivity contribution >= 4 is 49.8 Å². The summed E-state index contributed by atoms with van der Waals surface area (Å²) in [5.41, 5.74) is 2.98. The van der Waals surface area contributed by atoms with Crippen molar-refractivity contribution in [2.75, 3.05) is 23.8 Å². The first-order valence-corrected chi connectivity index (χ1v) is 9.65. The lowest BCUT2D eigenvalue weighted by Gasteiger charge is -2.15. The Morgan fingerprint density at radius 2 is 2.04 bits per heavy atom. The van der Waals surface area contributed by atoms with Crippen molar-refractivity contribution in [1.82, 2.24) is 9.97 Å². The van der Waals surface area contributed by atoms with E-state index >= 15 is 0 Å². The number of aliphatic hydroxyl groups is 1. The first-order chi connectivity index (χ1) is 13.2. The van der Waals surface area contributed by atoms with Gasteiger partial charge in [0, 0.05) is 28.5 Å². The monoisotopic (exact) mass is 426 g/mol. The third kappa shape index (κ3) is 3.94. The molecule has 27 heavy (non-hydrogen) atoms. The first kappa shape index (κ1) is 17.9. The molecule has 7 heteroatoms. The summed E-state index contributed by atoms with van der Waals surface area (Å²) in [5.74, 6) is 0.937. The molecule has 3 aromatic rings. The lowest BCUT2D eigenvalue weighted by molar-refractivity contribution is 0.0968. The van der Waals surface area contributed by atoms with E-state index in [1.807, 2.05) is 30.3 Å². The highest BCUT2D eigenvalue weighted by atomic mass is 79.9. The molecule has 1 saturated carbocycles. The summed E-state index contributed by atoms with van der Waals surface area (Å²) in [6.07, 6.45) is 5.27. The van der Waals surface area contributed by atoms with Crippen LogP contribution < -0.4 is 10.6 Å². The van der Waals surface area contributed by atoms with Crippen molar-refractivity contribution < 1.29 is 9.90 Å². The summed E-state index contributed by atoms with van der Waals surface area (Å²) < 4.78 is 0.928. The summed E-state index contributed by atoms with van der Waals surface area (Å²) in [4.78, 5) is 21.6. The molecule has 6 nitrogen and oxygen atoms in total. The number of rotatable bonds is 7. The number of nitrogens with zero attached hydrogens (tertiary/aromatic N) is 2. The Labute approximate surface area is 165 Å². The van der Waals surface area contributed by atoms with Crippen LogP contribution in [0.4, 0.5) is 17.2 Å². The van der Waals surface area contributed by atoms with Crippen LogP contribution >= 0.6 is 15.9 Å². The number of hydrogen-bond acceptors (Lipinski definition) is 6. The molecule has 0 atom stereocenters. The largest absolute Gasteiger partial charge is 0.395 e. The fraction of sp³-hybridized carbons (Fsp3) is 0.250. The number of hydrogen-bond donors (Lipinski definition) is 3. The Morgan fingerprint density at radius 3 is 2.74 bits per heavy atom. The van der Waals surface area contributed by atoms with E-state index in [1.165, 1.54) is 0 Å². The summed E-state index contributed by atoms with van der Waals surface area (Å²) >= 11 is 3.51. The maximum absolute atomic E-state index is 12.8. The molecule has 1 aliphatic rings. The number of carbonyl (C=O) groups is 1. The second kappa shape index (κ2) is 7.62. The Balaban J connectivity index is 1.72. The average Bonchev–Trinajstić information content (AvgIpc) is 3.52. The molecule has 0 aliphatic heterocycles. The topological polar surface area (TPSA) is 87.1 Å². The highest BCUT2D eigenvalue weighted by Crippen LogP contribution is 2.38. The van der Waals surface area contributed by atoms with Gasteiger partial charge in [0.1, 0.15) is 5.82 Å². The van der Waals surface area contributed by atoms with E-state index in [2.05, 4.69) is 36.5 Å². The maximum Gasteiger partial charge on any atom is 0.169 e. The minimum absolute atomic E-state index is 0.0478. The van der Waals surface area contributed by atoms with Crippen molar-refractivity contribution in [2.45, 2.75) is 12.8 Å². The van der Waals surface area contributed by atoms with Gasteiger partial charge in [0.15, 0.2) is 5.78 Å². The van der Waals surface area contributed by atoms with Crippen molar-refractivity contribution in [2.24, 2.45) is 5.92 Å². The van der Waals surface area contributed by atoms with E-state index in [0.29, 0.717) is 17.9 Å². The van der Waals surface area contributed by atoms with E-state index in [-0.39, 0.29) is 18.3 Å². The number of aromatic nitrogens is 2. The number of pyridine rings is 2. The molecule has 1 fully saturated rings. The molecular formula is C20H19BrN4O2. The quantitative estimate of drug-likeness (QED) is 0.492. The van der Waals surface area contributed by atoms with E-state index in [4.69, 9.17) is 5.11 Å². The summed E-state index contributed by atoms with van der Waals surface area (Å²) in [5, 5.41) is 16.2. The lowest BCUT2D eigenvalue weighted by Crippen LogP contribution is -2.08.